The third-order valence-electron chi connectivity index (χ3n) is 5.67. The minimum Gasteiger partial charge on any atom is -0.481 e. The topological polar surface area (TPSA) is 84.2 Å². The van der Waals surface area contributed by atoms with E-state index in [1.165, 1.54) is 19.2 Å². The van der Waals surface area contributed by atoms with Gasteiger partial charge in [0.2, 0.25) is 5.91 Å². The molecule has 1 aromatic heterocycles. The van der Waals surface area contributed by atoms with Crippen molar-refractivity contribution in [1.29, 1.82) is 0 Å². The Morgan fingerprint density at radius 1 is 1.14 bits per heavy atom. The number of hydrogen-bond donors (Lipinski definition) is 2. The Bertz CT molecular complexity index is 998. The van der Waals surface area contributed by atoms with Gasteiger partial charge in [-0.25, -0.2) is 0 Å². The van der Waals surface area contributed by atoms with E-state index in [2.05, 4.69) is 10.4 Å². The Labute approximate surface area is 164 Å². The van der Waals surface area contributed by atoms with Crippen LogP contribution in [0.2, 0.25) is 0 Å². The molecule has 2 bridgehead atoms. The van der Waals surface area contributed by atoms with Crippen molar-refractivity contribution in [3.05, 3.63) is 48.2 Å². The van der Waals surface area contributed by atoms with Crippen LogP contribution < -0.4 is 5.32 Å². The molecule has 2 aliphatic rings. The summed E-state index contributed by atoms with van der Waals surface area (Å²) < 4.78 is 41.7. The van der Waals surface area contributed by atoms with Crippen LogP contribution in [0.1, 0.15) is 12.1 Å². The van der Waals surface area contributed by atoms with Crippen molar-refractivity contribution in [1.82, 2.24) is 9.78 Å². The number of aliphatic carboxylic acids is 1. The summed E-state index contributed by atoms with van der Waals surface area (Å²) in [5.41, 5.74) is -1.09. The highest BCUT2D eigenvalue weighted by Crippen LogP contribution is 2.49. The fourth-order valence-electron chi connectivity index (χ4n) is 4.46. The number of nitrogens with zero attached hydrogens (tertiary/aromatic N) is 2. The molecule has 4 unspecified atom stereocenters. The van der Waals surface area contributed by atoms with Gasteiger partial charge in [0.25, 0.3) is 0 Å². The molecule has 0 saturated heterocycles. The van der Waals surface area contributed by atoms with E-state index >= 15 is 0 Å². The number of anilines is 1. The van der Waals surface area contributed by atoms with E-state index in [1.54, 1.807) is 24.3 Å². The Morgan fingerprint density at radius 3 is 2.34 bits per heavy atom. The maximum atomic E-state index is 13.6. The lowest BCUT2D eigenvalue weighted by Crippen LogP contribution is -2.36. The predicted molar refractivity (Wildman–Crippen MR) is 97.6 cm³/mol. The van der Waals surface area contributed by atoms with Gasteiger partial charge in [-0.3, -0.25) is 14.3 Å². The number of amides is 1. The molecule has 2 N–H and O–H groups in total. The first-order chi connectivity index (χ1) is 13.7. The van der Waals surface area contributed by atoms with Gasteiger partial charge in [-0.1, -0.05) is 42.5 Å². The van der Waals surface area contributed by atoms with Gasteiger partial charge in [0.1, 0.15) is 5.82 Å². The minimum atomic E-state index is -4.72. The summed E-state index contributed by atoms with van der Waals surface area (Å²) in [5.74, 6) is -4.00. The third-order valence-corrected chi connectivity index (χ3v) is 5.67. The number of hydrogen-bond acceptors (Lipinski definition) is 3. The van der Waals surface area contributed by atoms with Crippen molar-refractivity contribution < 1.29 is 27.9 Å². The molecule has 6 nitrogen and oxygen atoms in total. The summed E-state index contributed by atoms with van der Waals surface area (Å²) in [7, 11) is 1.31. The van der Waals surface area contributed by atoms with Gasteiger partial charge >= 0.3 is 12.1 Å². The molecule has 0 radical (unpaired) electrons. The van der Waals surface area contributed by atoms with Crippen molar-refractivity contribution in [3.63, 3.8) is 0 Å². The molecule has 1 fully saturated rings. The number of alkyl halides is 3. The average molecular weight is 405 g/mol. The van der Waals surface area contributed by atoms with Gasteiger partial charge in [0.15, 0.2) is 5.69 Å². The number of allylic oxidation sites excluding steroid dienone is 2. The van der Waals surface area contributed by atoms with E-state index in [-0.39, 0.29) is 28.8 Å². The molecule has 2 aliphatic carbocycles. The second kappa shape index (κ2) is 6.75. The molecular weight excluding hydrogens is 387 g/mol. The Kier molecular flexibility index (Phi) is 4.48. The fraction of sp³-hybridized carbons (Fsp3) is 0.350. The maximum Gasteiger partial charge on any atom is 0.435 e. The van der Waals surface area contributed by atoms with Crippen LogP contribution in [0.4, 0.5) is 19.0 Å². The van der Waals surface area contributed by atoms with Crippen LogP contribution in [0, 0.1) is 23.7 Å². The van der Waals surface area contributed by atoms with Crippen molar-refractivity contribution in [2.75, 3.05) is 5.32 Å². The largest absolute Gasteiger partial charge is 0.481 e. The van der Waals surface area contributed by atoms with E-state index in [0.29, 0.717) is 6.42 Å². The second-order valence-electron chi connectivity index (χ2n) is 7.39. The normalized spacial score (nSPS) is 25.4. The van der Waals surface area contributed by atoms with E-state index < -0.39 is 35.6 Å². The number of carbonyl (C=O) groups excluding carboxylic acids is 1. The van der Waals surface area contributed by atoms with Gasteiger partial charge in [0, 0.05) is 7.05 Å². The highest BCUT2D eigenvalue weighted by atomic mass is 19.4. The van der Waals surface area contributed by atoms with E-state index in [9.17, 15) is 27.9 Å². The summed E-state index contributed by atoms with van der Waals surface area (Å²) >= 11 is 0. The number of rotatable bonds is 4. The molecule has 4 atom stereocenters. The SMILES string of the molecule is Cn1nc(C(F)(F)F)c(-c2ccccc2)c1NC(=O)C1C2C=CC(C2)C1C(=O)O. The average Bonchev–Trinajstić information content (AvgIpc) is 3.35. The van der Waals surface area contributed by atoms with Crippen LogP contribution in [0.15, 0.2) is 42.5 Å². The lowest BCUT2D eigenvalue weighted by atomic mass is 9.82. The predicted octanol–water partition coefficient (Wildman–Crippen LogP) is 3.57. The zero-order valence-electron chi connectivity index (χ0n) is 15.3. The molecule has 1 amide bonds. The summed E-state index contributed by atoms with van der Waals surface area (Å²) in [4.78, 5) is 24.7. The van der Waals surface area contributed by atoms with E-state index in [1.807, 2.05) is 6.08 Å². The third kappa shape index (κ3) is 3.20. The van der Waals surface area contributed by atoms with Gasteiger partial charge in [0.05, 0.1) is 17.4 Å². The Hall–Kier alpha value is -3.10. The smallest absolute Gasteiger partial charge is 0.435 e. The molecule has 4 rings (SSSR count). The fourth-order valence-corrected chi connectivity index (χ4v) is 4.46. The number of carbonyl (C=O) groups is 2. The zero-order valence-corrected chi connectivity index (χ0v) is 15.3. The highest BCUT2D eigenvalue weighted by molar-refractivity contribution is 5.99. The Morgan fingerprint density at radius 2 is 1.76 bits per heavy atom. The molecule has 152 valence electrons. The molecule has 0 aliphatic heterocycles. The first kappa shape index (κ1) is 19.2. The summed E-state index contributed by atoms with van der Waals surface area (Å²) in [6, 6.07) is 7.86. The van der Waals surface area contributed by atoms with Crippen molar-refractivity contribution in [3.8, 4) is 11.1 Å². The van der Waals surface area contributed by atoms with Crippen molar-refractivity contribution in [2.45, 2.75) is 12.6 Å². The summed E-state index contributed by atoms with van der Waals surface area (Å²) in [5, 5.41) is 15.7. The zero-order chi connectivity index (χ0) is 20.9. The molecular formula is C20H18F3N3O3. The molecule has 0 spiro atoms. The highest BCUT2D eigenvalue weighted by Gasteiger charge is 2.52. The summed E-state index contributed by atoms with van der Waals surface area (Å²) in [6.07, 6.45) is -0.546. The van der Waals surface area contributed by atoms with Gasteiger partial charge in [-0.15, -0.1) is 0 Å². The van der Waals surface area contributed by atoms with Crippen LogP contribution in [0.3, 0.4) is 0 Å². The molecule has 1 heterocycles. The number of benzene rings is 1. The van der Waals surface area contributed by atoms with Gasteiger partial charge in [-0.2, -0.15) is 18.3 Å². The number of carboxylic acid groups (broad SMARTS) is 1. The van der Waals surface area contributed by atoms with Crippen LogP contribution in [-0.4, -0.2) is 26.8 Å². The van der Waals surface area contributed by atoms with Crippen LogP contribution >= 0.6 is 0 Å². The van der Waals surface area contributed by atoms with Crippen LogP contribution in [0.25, 0.3) is 11.1 Å². The lowest BCUT2D eigenvalue weighted by Gasteiger charge is -2.24. The lowest BCUT2D eigenvalue weighted by molar-refractivity contribution is -0.146. The molecule has 1 saturated carbocycles. The molecule has 29 heavy (non-hydrogen) atoms. The quantitative estimate of drug-likeness (QED) is 0.762. The first-order valence-corrected chi connectivity index (χ1v) is 9.10. The number of aryl methyl sites for hydroxylation is 1. The van der Waals surface area contributed by atoms with Crippen molar-refractivity contribution in [2.24, 2.45) is 30.7 Å². The monoisotopic (exact) mass is 405 g/mol. The van der Waals surface area contributed by atoms with E-state index in [0.717, 1.165) is 4.68 Å². The standard InChI is InChI=1S/C20H18F3N3O3/c1-26-17(15(10-5-3-2-4-6-10)16(25-26)20(21,22)23)24-18(27)13-11-7-8-12(9-11)14(13)19(28)29/h2-8,11-14H,9H2,1H3,(H,24,27)(H,28,29). The van der Waals surface area contributed by atoms with Crippen LogP contribution in [0.5, 0.6) is 0 Å². The van der Waals surface area contributed by atoms with Crippen LogP contribution in [-0.2, 0) is 22.8 Å². The summed E-state index contributed by atoms with van der Waals surface area (Å²) in [6.45, 7) is 0. The van der Waals surface area contributed by atoms with Gasteiger partial charge in [-0.05, 0) is 23.8 Å². The molecule has 1 aromatic carbocycles. The number of fused-ring (bicyclic) bond motifs is 2. The second-order valence-corrected chi connectivity index (χ2v) is 7.39. The first-order valence-electron chi connectivity index (χ1n) is 9.10. The number of aromatic nitrogens is 2. The molecule has 2 aromatic rings. The Balaban J connectivity index is 1.74. The number of halogens is 3. The van der Waals surface area contributed by atoms with Gasteiger partial charge < -0.3 is 10.4 Å². The number of carboxylic acids is 1. The molecule has 9 heteroatoms. The minimum absolute atomic E-state index is 0.107. The maximum absolute atomic E-state index is 13.6. The number of nitrogens with one attached hydrogen (secondary N) is 1. The van der Waals surface area contributed by atoms with Crippen molar-refractivity contribution >= 4 is 17.7 Å². The van der Waals surface area contributed by atoms with E-state index in [4.69, 9.17) is 0 Å².